The van der Waals surface area contributed by atoms with Gasteiger partial charge in [-0.3, -0.25) is 24.4 Å². The molecule has 1 saturated heterocycles. The third kappa shape index (κ3) is 5.47. The van der Waals surface area contributed by atoms with E-state index in [2.05, 4.69) is 20.7 Å². The van der Waals surface area contributed by atoms with E-state index >= 15 is 0 Å². The highest BCUT2D eigenvalue weighted by Crippen LogP contribution is 2.29. The fourth-order valence-corrected chi connectivity index (χ4v) is 5.88. The van der Waals surface area contributed by atoms with Crippen molar-refractivity contribution in [1.82, 2.24) is 25.0 Å². The van der Waals surface area contributed by atoms with Crippen molar-refractivity contribution in [2.45, 2.75) is 31.8 Å². The molecule has 1 aliphatic carbocycles. The van der Waals surface area contributed by atoms with Crippen molar-refractivity contribution in [3.63, 3.8) is 0 Å². The molecule has 0 spiro atoms. The Hall–Kier alpha value is -2.24. The first-order chi connectivity index (χ1) is 15.9. The number of hydrogen-bond donors (Lipinski definition) is 2. The summed E-state index contributed by atoms with van der Waals surface area (Å²) in [6, 6.07) is 10.7. The van der Waals surface area contributed by atoms with Crippen molar-refractivity contribution in [2.24, 2.45) is 0 Å². The number of hydrazine groups is 1. The molecule has 0 bridgehead atoms. The Kier molecular flexibility index (Phi) is 7.50. The largest absolute Gasteiger partial charge is 0.304 e. The monoisotopic (exact) mass is 492 g/mol. The topological polar surface area (TPSA) is 97.9 Å². The van der Waals surface area contributed by atoms with Gasteiger partial charge in [-0.15, -0.1) is 0 Å². The van der Waals surface area contributed by atoms with Gasteiger partial charge in [0.1, 0.15) is 0 Å². The van der Waals surface area contributed by atoms with Crippen LogP contribution in [0.3, 0.4) is 0 Å². The van der Waals surface area contributed by atoms with Crippen LogP contribution in [-0.2, 0) is 16.8 Å². The first kappa shape index (κ1) is 23.9. The van der Waals surface area contributed by atoms with E-state index in [9.17, 15) is 13.2 Å². The quantitative estimate of drug-likeness (QED) is 0.547. The Morgan fingerprint density at radius 3 is 2.52 bits per heavy atom. The van der Waals surface area contributed by atoms with Crippen LogP contribution in [0.4, 0.5) is 5.69 Å². The molecule has 4 rings (SSSR count). The lowest BCUT2D eigenvalue weighted by Gasteiger charge is -2.43. The van der Waals surface area contributed by atoms with Gasteiger partial charge in [0.05, 0.1) is 23.5 Å². The van der Waals surface area contributed by atoms with Gasteiger partial charge in [-0.2, -0.15) is 12.7 Å². The number of nitrogens with one attached hydrogen (secondary N) is 2. The van der Waals surface area contributed by atoms with Crippen LogP contribution in [-0.4, -0.2) is 67.8 Å². The Labute approximate surface area is 199 Å². The second kappa shape index (κ2) is 10.4. The van der Waals surface area contributed by atoms with Gasteiger partial charge >= 0.3 is 10.2 Å². The molecule has 1 amide bonds. The van der Waals surface area contributed by atoms with Crippen molar-refractivity contribution in [3.05, 3.63) is 58.9 Å². The Morgan fingerprint density at radius 1 is 1.18 bits per heavy atom. The van der Waals surface area contributed by atoms with E-state index in [0.29, 0.717) is 41.1 Å². The third-order valence-electron chi connectivity index (χ3n) is 6.20. The number of aromatic nitrogens is 1. The summed E-state index contributed by atoms with van der Waals surface area (Å²) in [5, 5.41) is 0.453. The minimum absolute atomic E-state index is 0.0272. The zero-order chi connectivity index (χ0) is 23.4. The molecule has 1 aromatic heterocycles. The number of carbonyl (C=O) groups excluding carboxylic acids is 1. The third-order valence-corrected chi connectivity index (χ3v) is 8.35. The van der Waals surface area contributed by atoms with Crippen molar-refractivity contribution >= 4 is 33.4 Å². The number of anilines is 1. The lowest BCUT2D eigenvalue weighted by Crippen LogP contribution is -2.56. The van der Waals surface area contributed by atoms with Crippen LogP contribution in [0.2, 0.25) is 5.02 Å². The second-order valence-electron chi connectivity index (χ2n) is 8.26. The molecular weight excluding hydrogens is 464 g/mol. The number of rotatable bonds is 8. The summed E-state index contributed by atoms with van der Waals surface area (Å²) in [7, 11) is -2.22. The summed E-state index contributed by atoms with van der Waals surface area (Å²) in [4.78, 5) is 18.7. The van der Waals surface area contributed by atoms with Crippen LogP contribution in [0.5, 0.6) is 0 Å². The van der Waals surface area contributed by atoms with Gasteiger partial charge in [-0.05, 0) is 43.2 Å². The number of nitrogens with zero attached hydrogens (tertiary/aromatic N) is 4. The highest BCUT2D eigenvalue weighted by molar-refractivity contribution is 7.90. The highest BCUT2D eigenvalue weighted by Gasteiger charge is 2.35. The van der Waals surface area contributed by atoms with E-state index in [4.69, 9.17) is 11.6 Å². The maximum Gasteiger partial charge on any atom is 0.304 e. The van der Waals surface area contributed by atoms with E-state index < -0.39 is 10.2 Å². The summed E-state index contributed by atoms with van der Waals surface area (Å²) in [6.07, 6.45) is 5.10. The van der Waals surface area contributed by atoms with Crippen LogP contribution < -0.4 is 15.2 Å². The Balaban J connectivity index is 1.55. The predicted molar refractivity (Wildman–Crippen MR) is 128 cm³/mol. The molecule has 1 aromatic carbocycles. The molecule has 1 aliphatic heterocycles. The van der Waals surface area contributed by atoms with Crippen molar-refractivity contribution in [2.75, 3.05) is 37.5 Å². The summed E-state index contributed by atoms with van der Waals surface area (Å²) in [6.45, 7) is 2.40. The number of carbonyl (C=O) groups is 1. The normalized spacial score (nSPS) is 18.0. The van der Waals surface area contributed by atoms with Gasteiger partial charge in [-0.1, -0.05) is 24.1 Å². The molecule has 1 saturated carbocycles. The molecule has 0 atom stereocenters. The smallest absolute Gasteiger partial charge is 0.298 e. The maximum absolute atomic E-state index is 13.7. The second-order valence-corrected chi connectivity index (χ2v) is 10.5. The standard InChI is InChI=1S/C22H29ClN6O3S/c1-24-26-22(30)17-8-9-19(25-15-17)16-29(21-7-2-4-18(23)14-21)33(31,32)28-12-10-27(11-13-28)20-5-3-6-20/h2,4,7-9,14-15,20,24H,3,5-6,10-13,16H2,1H3,(H,26,30). The van der Waals surface area contributed by atoms with Gasteiger partial charge in [-0.25, -0.2) is 5.43 Å². The molecule has 2 N–H and O–H groups in total. The molecule has 33 heavy (non-hydrogen) atoms. The molecule has 2 heterocycles. The molecule has 0 unspecified atom stereocenters. The number of benzene rings is 1. The minimum Gasteiger partial charge on any atom is -0.298 e. The van der Waals surface area contributed by atoms with Crippen LogP contribution in [0, 0.1) is 0 Å². The van der Waals surface area contributed by atoms with E-state index in [0.717, 1.165) is 13.1 Å². The zero-order valence-corrected chi connectivity index (χ0v) is 20.1. The first-order valence-corrected chi connectivity index (χ1v) is 12.9. The number of halogens is 1. The molecule has 11 heteroatoms. The molecule has 178 valence electrons. The van der Waals surface area contributed by atoms with Gasteiger partial charge in [0.15, 0.2) is 0 Å². The van der Waals surface area contributed by atoms with E-state index in [1.807, 2.05) is 0 Å². The van der Waals surface area contributed by atoms with Crippen LogP contribution in [0.25, 0.3) is 0 Å². The van der Waals surface area contributed by atoms with Gasteiger partial charge < -0.3 is 0 Å². The van der Waals surface area contributed by atoms with Gasteiger partial charge in [0.2, 0.25) is 0 Å². The maximum atomic E-state index is 13.7. The van der Waals surface area contributed by atoms with E-state index in [1.54, 1.807) is 43.4 Å². The summed E-state index contributed by atoms with van der Waals surface area (Å²) in [5.74, 6) is -0.319. The summed E-state index contributed by atoms with van der Waals surface area (Å²) >= 11 is 6.18. The Morgan fingerprint density at radius 2 is 1.94 bits per heavy atom. The fraction of sp³-hybridized carbons (Fsp3) is 0.455. The molecular formula is C22H29ClN6O3S. The number of hydrogen-bond acceptors (Lipinski definition) is 6. The fourth-order valence-electron chi connectivity index (χ4n) is 4.11. The van der Waals surface area contributed by atoms with Gasteiger partial charge in [0.25, 0.3) is 5.91 Å². The van der Waals surface area contributed by atoms with E-state index in [1.165, 1.54) is 34.1 Å². The first-order valence-electron chi connectivity index (χ1n) is 11.1. The Bertz CT molecular complexity index is 1070. The number of piperazine rings is 1. The summed E-state index contributed by atoms with van der Waals surface area (Å²) in [5.41, 5.74) is 6.43. The number of pyridine rings is 1. The molecule has 2 aliphatic rings. The average molecular weight is 493 g/mol. The van der Waals surface area contributed by atoms with Crippen LogP contribution in [0.1, 0.15) is 35.3 Å². The SMILES string of the molecule is CNNC(=O)c1ccc(CN(c2cccc(Cl)c2)S(=O)(=O)N2CCN(C3CCC3)CC2)nc1. The molecule has 2 fully saturated rings. The molecule has 9 nitrogen and oxygen atoms in total. The summed E-state index contributed by atoms with van der Waals surface area (Å²) < 4.78 is 30.3. The highest BCUT2D eigenvalue weighted by atomic mass is 35.5. The number of amides is 1. The lowest BCUT2D eigenvalue weighted by atomic mass is 9.91. The van der Waals surface area contributed by atoms with E-state index in [-0.39, 0.29) is 12.5 Å². The van der Waals surface area contributed by atoms with Crippen molar-refractivity contribution in [3.8, 4) is 0 Å². The average Bonchev–Trinajstić information content (AvgIpc) is 2.77. The van der Waals surface area contributed by atoms with Crippen molar-refractivity contribution in [1.29, 1.82) is 0 Å². The predicted octanol–water partition coefficient (Wildman–Crippen LogP) is 2.02. The van der Waals surface area contributed by atoms with Crippen LogP contribution in [0.15, 0.2) is 42.6 Å². The van der Waals surface area contributed by atoms with Crippen LogP contribution >= 0.6 is 11.6 Å². The molecule has 0 radical (unpaired) electrons. The zero-order valence-electron chi connectivity index (χ0n) is 18.6. The molecule has 2 aromatic rings. The van der Waals surface area contributed by atoms with Crippen molar-refractivity contribution < 1.29 is 13.2 Å². The minimum atomic E-state index is -3.81. The lowest BCUT2D eigenvalue weighted by molar-refractivity contribution is 0.0888. The van der Waals surface area contributed by atoms with Gasteiger partial charge in [0, 0.05) is 50.5 Å².